The molecule has 0 unspecified atom stereocenters. The van der Waals surface area contributed by atoms with E-state index in [2.05, 4.69) is 26.4 Å². The first-order chi connectivity index (χ1) is 10.2. The predicted molar refractivity (Wildman–Crippen MR) is 94.9 cm³/mol. The van der Waals surface area contributed by atoms with Crippen molar-refractivity contribution in [2.75, 3.05) is 5.88 Å². The van der Waals surface area contributed by atoms with Crippen LogP contribution in [0.1, 0.15) is 11.4 Å². The van der Waals surface area contributed by atoms with Gasteiger partial charge in [0.2, 0.25) is 0 Å². The SMILES string of the molecule is Fc1cc2c(cc1I)nc(CCCl)n2CCc1ccsc1. The van der Waals surface area contributed by atoms with Gasteiger partial charge in [-0.15, -0.1) is 11.6 Å². The number of halogens is 3. The highest BCUT2D eigenvalue weighted by molar-refractivity contribution is 14.1. The standard InChI is InChI=1S/C15H13ClFIN2S/c16-4-1-15-19-13-8-12(18)11(17)7-14(13)20(15)5-2-10-3-6-21-9-10/h3,6-9H,1-2,4-5H2. The molecule has 0 radical (unpaired) electrons. The first kappa shape index (κ1) is 15.2. The zero-order chi connectivity index (χ0) is 14.8. The number of imidazole rings is 1. The van der Waals surface area contributed by atoms with Crippen molar-refractivity contribution in [3.63, 3.8) is 0 Å². The van der Waals surface area contributed by atoms with Gasteiger partial charge in [0.25, 0.3) is 0 Å². The van der Waals surface area contributed by atoms with E-state index in [4.69, 9.17) is 11.6 Å². The zero-order valence-electron chi connectivity index (χ0n) is 11.2. The van der Waals surface area contributed by atoms with Crippen LogP contribution >= 0.6 is 45.5 Å². The number of nitrogens with zero attached hydrogens (tertiary/aromatic N) is 2. The van der Waals surface area contributed by atoms with Gasteiger partial charge in [-0.2, -0.15) is 11.3 Å². The van der Waals surface area contributed by atoms with E-state index in [1.165, 1.54) is 5.56 Å². The second-order valence-electron chi connectivity index (χ2n) is 4.76. The fourth-order valence-corrected chi connectivity index (χ4v) is 3.69. The van der Waals surface area contributed by atoms with E-state index in [0.717, 1.165) is 29.8 Å². The summed E-state index contributed by atoms with van der Waals surface area (Å²) in [5, 5.41) is 4.22. The average molecular weight is 435 g/mol. The Hall–Kier alpha value is -0.660. The number of benzene rings is 1. The fraction of sp³-hybridized carbons (Fsp3) is 0.267. The molecule has 0 spiro atoms. The maximum atomic E-state index is 13.9. The summed E-state index contributed by atoms with van der Waals surface area (Å²) < 4.78 is 16.6. The molecule has 110 valence electrons. The van der Waals surface area contributed by atoms with E-state index in [0.29, 0.717) is 15.9 Å². The van der Waals surface area contributed by atoms with Gasteiger partial charge in [0.1, 0.15) is 11.6 Å². The maximum absolute atomic E-state index is 13.9. The van der Waals surface area contributed by atoms with Gasteiger partial charge in [-0.1, -0.05) is 0 Å². The van der Waals surface area contributed by atoms with Crippen molar-refractivity contribution >= 4 is 56.6 Å². The molecule has 3 aromatic rings. The monoisotopic (exact) mass is 434 g/mol. The number of aromatic nitrogens is 2. The normalized spacial score (nSPS) is 11.4. The second-order valence-corrected chi connectivity index (χ2v) is 7.08. The molecule has 2 heterocycles. The minimum absolute atomic E-state index is 0.197. The molecule has 0 aliphatic heterocycles. The van der Waals surface area contributed by atoms with E-state index in [1.54, 1.807) is 23.5 Å². The predicted octanol–water partition coefficient (Wildman–Crippen LogP) is 4.87. The highest BCUT2D eigenvalue weighted by Crippen LogP contribution is 2.23. The van der Waals surface area contributed by atoms with Crippen LogP contribution in [0.5, 0.6) is 0 Å². The Balaban J connectivity index is 2.00. The smallest absolute Gasteiger partial charge is 0.138 e. The van der Waals surface area contributed by atoms with Crippen LogP contribution < -0.4 is 0 Å². The quantitative estimate of drug-likeness (QED) is 0.414. The summed E-state index contributed by atoms with van der Waals surface area (Å²) >= 11 is 9.56. The molecule has 0 fully saturated rings. The fourth-order valence-electron chi connectivity index (χ4n) is 2.37. The van der Waals surface area contributed by atoms with Gasteiger partial charge < -0.3 is 4.57 Å². The lowest BCUT2D eigenvalue weighted by Gasteiger charge is -2.08. The molecule has 0 atom stereocenters. The Labute approximate surface area is 145 Å². The van der Waals surface area contributed by atoms with Crippen LogP contribution in [-0.4, -0.2) is 15.4 Å². The Morgan fingerprint density at radius 1 is 1.33 bits per heavy atom. The summed E-state index contributed by atoms with van der Waals surface area (Å²) in [5.41, 5.74) is 2.99. The molecule has 0 bridgehead atoms. The van der Waals surface area contributed by atoms with Gasteiger partial charge >= 0.3 is 0 Å². The van der Waals surface area contributed by atoms with E-state index in [-0.39, 0.29) is 5.82 Å². The molecule has 21 heavy (non-hydrogen) atoms. The van der Waals surface area contributed by atoms with Crippen molar-refractivity contribution in [3.05, 3.63) is 49.7 Å². The van der Waals surface area contributed by atoms with E-state index in [1.807, 2.05) is 22.6 Å². The van der Waals surface area contributed by atoms with E-state index < -0.39 is 0 Å². The summed E-state index contributed by atoms with van der Waals surface area (Å²) in [5.74, 6) is 1.25. The van der Waals surface area contributed by atoms with E-state index in [9.17, 15) is 4.39 Å². The van der Waals surface area contributed by atoms with Gasteiger partial charge in [0.15, 0.2) is 0 Å². The number of aryl methyl sites for hydroxylation is 3. The first-order valence-electron chi connectivity index (χ1n) is 6.60. The molecule has 0 N–H and O–H groups in total. The molecule has 6 heteroatoms. The van der Waals surface area contributed by atoms with Crippen LogP contribution in [0.15, 0.2) is 29.0 Å². The molecule has 1 aromatic carbocycles. The lowest BCUT2D eigenvalue weighted by atomic mass is 10.2. The minimum Gasteiger partial charge on any atom is -0.328 e. The number of fused-ring (bicyclic) bond motifs is 1. The van der Waals surface area contributed by atoms with Crippen LogP contribution in [-0.2, 0) is 19.4 Å². The summed E-state index contributed by atoms with van der Waals surface area (Å²) in [7, 11) is 0. The summed E-state index contributed by atoms with van der Waals surface area (Å²) in [6, 6.07) is 5.49. The van der Waals surface area contributed by atoms with E-state index >= 15 is 0 Å². The summed E-state index contributed by atoms with van der Waals surface area (Å²) in [6.07, 6.45) is 1.61. The first-order valence-corrected chi connectivity index (χ1v) is 9.16. The largest absolute Gasteiger partial charge is 0.328 e. The third-order valence-corrected chi connectivity index (χ3v) is 5.14. The van der Waals surface area contributed by atoms with Crippen molar-refractivity contribution in [3.8, 4) is 0 Å². The molecule has 0 amide bonds. The van der Waals surface area contributed by atoms with Crippen molar-refractivity contribution in [1.82, 2.24) is 9.55 Å². The Bertz CT molecular complexity index is 755. The highest BCUT2D eigenvalue weighted by atomic mass is 127. The van der Waals surface area contributed by atoms with Crippen LogP contribution in [0.25, 0.3) is 11.0 Å². The Morgan fingerprint density at radius 2 is 2.19 bits per heavy atom. The molecular formula is C15H13ClFIN2S. The molecule has 0 saturated heterocycles. The van der Waals surface area contributed by atoms with Gasteiger partial charge in [0.05, 0.1) is 14.6 Å². The number of hydrogen-bond acceptors (Lipinski definition) is 2. The number of rotatable bonds is 5. The molecular weight excluding hydrogens is 422 g/mol. The van der Waals surface area contributed by atoms with Crippen molar-refractivity contribution < 1.29 is 4.39 Å². The molecule has 0 aliphatic rings. The van der Waals surface area contributed by atoms with Crippen molar-refractivity contribution in [2.45, 2.75) is 19.4 Å². The lowest BCUT2D eigenvalue weighted by Crippen LogP contribution is -2.07. The third-order valence-electron chi connectivity index (χ3n) is 3.39. The third kappa shape index (κ3) is 3.24. The number of hydrogen-bond donors (Lipinski definition) is 0. The maximum Gasteiger partial charge on any atom is 0.138 e. The molecule has 0 aliphatic carbocycles. The molecule has 2 aromatic heterocycles. The number of alkyl halides is 1. The van der Waals surface area contributed by atoms with Gasteiger partial charge in [0, 0.05) is 24.9 Å². The van der Waals surface area contributed by atoms with Crippen LogP contribution in [0.2, 0.25) is 0 Å². The van der Waals surface area contributed by atoms with Gasteiger partial charge in [-0.3, -0.25) is 0 Å². The second kappa shape index (κ2) is 6.62. The minimum atomic E-state index is -0.197. The van der Waals surface area contributed by atoms with Crippen molar-refractivity contribution in [1.29, 1.82) is 0 Å². The Morgan fingerprint density at radius 3 is 2.90 bits per heavy atom. The molecule has 2 nitrogen and oxygen atoms in total. The van der Waals surface area contributed by atoms with Gasteiger partial charge in [-0.25, -0.2) is 9.37 Å². The van der Waals surface area contributed by atoms with Crippen LogP contribution in [0.4, 0.5) is 4.39 Å². The van der Waals surface area contributed by atoms with Crippen LogP contribution in [0, 0.1) is 9.39 Å². The Kier molecular flexibility index (Phi) is 4.81. The molecule has 3 rings (SSSR count). The average Bonchev–Trinajstić information content (AvgIpc) is 3.06. The topological polar surface area (TPSA) is 17.8 Å². The summed E-state index contributed by atoms with van der Waals surface area (Å²) in [4.78, 5) is 4.61. The lowest BCUT2D eigenvalue weighted by molar-refractivity contribution is 0.619. The van der Waals surface area contributed by atoms with Gasteiger partial charge in [-0.05, 0) is 57.5 Å². The highest BCUT2D eigenvalue weighted by Gasteiger charge is 2.13. The van der Waals surface area contributed by atoms with Crippen molar-refractivity contribution in [2.24, 2.45) is 0 Å². The zero-order valence-corrected chi connectivity index (χ0v) is 14.9. The molecule has 0 saturated carbocycles. The summed E-state index contributed by atoms with van der Waals surface area (Å²) in [6.45, 7) is 0.791. The van der Waals surface area contributed by atoms with Crippen LogP contribution in [0.3, 0.4) is 0 Å². The number of thiophene rings is 1.